The molecule has 1 fully saturated rings. The Kier molecular flexibility index (Phi) is 4.35. The molecule has 4 nitrogen and oxygen atoms in total. The lowest BCUT2D eigenvalue weighted by molar-refractivity contribution is -0.135. The fourth-order valence-electron chi connectivity index (χ4n) is 1.69. The monoisotopic (exact) mass is 200 g/mol. The second-order valence-electron chi connectivity index (χ2n) is 3.81. The van der Waals surface area contributed by atoms with Gasteiger partial charge in [0.05, 0.1) is 6.04 Å². The molecule has 14 heavy (non-hydrogen) atoms. The summed E-state index contributed by atoms with van der Waals surface area (Å²) < 4.78 is 5.25. The summed E-state index contributed by atoms with van der Waals surface area (Å²) in [4.78, 5) is 13.5. The normalized spacial score (nSPS) is 20.5. The molecule has 2 N–H and O–H groups in total. The molecule has 0 aromatic carbocycles. The highest BCUT2D eigenvalue weighted by atomic mass is 16.5. The topological polar surface area (TPSA) is 55.6 Å². The van der Waals surface area contributed by atoms with Crippen LogP contribution in [-0.2, 0) is 9.53 Å². The first-order valence-electron chi connectivity index (χ1n) is 5.26. The second-order valence-corrected chi connectivity index (χ2v) is 3.81. The summed E-state index contributed by atoms with van der Waals surface area (Å²) in [5.41, 5.74) is 5.70. The largest absolute Gasteiger partial charge is 0.381 e. The van der Waals surface area contributed by atoms with Crippen LogP contribution in [0.4, 0.5) is 0 Å². The minimum absolute atomic E-state index is 0.0550. The number of hydrogen-bond donors (Lipinski definition) is 1. The number of nitrogens with two attached hydrogens (primary N) is 1. The summed E-state index contributed by atoms with van der Waals surface area (Å²) in [7, 11) is 1.84. The minimum Gasteiger partial charge on any atom is -0.381 e. The van der Waals surface area contributed by atoms with Gasteiger partial charge in [-0.2, -0.15) is 0 Å². The molecule has 1 aliphatic rings. The van der Waals surface area contributed by atoms with Crippen molar-refractivity contribution in [2.24, 2.45) is 5.73 Å². The number of ether oxygens (including phenoxy) is 1. The van der Waals surface area contributed by atoms with E-state index in [-0.39, 0.29) is 11.9 Å². The molecule has 0 aromatic rings. The summed E-state index contributed by atoms with van der Waals surface area (Å²) in [6.45, 7) is 3.44. The zero-order chi connectivity index (χ0) is 10.6. The van der Waals surface area contributed by atoms with Crippen LogP contribution in [0.2, 0.25) is 0 Å². The molecule has 0 aliphatic carbocycles. The highest BCUT2D eigenvalue weighted by Gasteiger charge is 2.24. The Morgan fingerprint density at radius 1 is 1.57 bits per heavy atom. The van der Waals surface area contributed by atoms with Crippen molar-refractivity contribution in [2.75, 3.05) is 20.3 Å². The molecular formula is C10H20N2O2. The van der Waals surface area contributed by atoms with E-state index in [1.807, 2.05) is 14.0 Å². The van der Waals surface area contributed by atoms with Crippen molar-refractivity contribution in [1.29, 1.82) is 0 Å². The predicted octanol–water partition coefficient (Wildman–Crippen LogP) is 0.361. The third kappa shape index (κ3) is 2.69. The molecule has 0 saturated carbocycles. The van der Waals surface area contributed by atoms with Gasteiger partial charge in [-0.1, -0.05) is 6.92 Å². The molecular weight excluding hydrogens is 180 g/mol. The van der Waals surface area contributed by atoms with Gasteiger partial charge in [-0.25, -0.2) is 0 Å². The number of carbonyl (C=O) groups is 1. The van der Waals surface area contributed by atoms with Crippen molar-refractivity contribution in [3.8, 4) is 0 Å². The molecule has 0 unspecified atom stereocenters. The van der Waals surface area contributed by atoms with E-state index < -0.39 is 0 Å². The first-order chi connectivity index (χ1) is 6.66. The summed E-state index contributed by atoms with van der Waals surface area (Å²) in [5.74, 6) is 0.0550. The van der Waals surface area contributed by atoms with E-state index in [4.69, 9.17) is 10.5 Å². The van der Waals surface area contributed by atoms with E-state index in [1.165, 1.54) is 0 Å². The Morgan fingerprint density at radius 3 is 2.64 bits per heavy atom. The molecule has 0 radical (unpaired) electrons. The fourth-order valence-corrected chi connectivity index (χ4v) is 1.69. The molecule has 1 amide bonds. The first kappa shape index (κ1) is 11.5. The lowest BCUT2D eigenvalue weighted by Gasteiger charge is -2.32. The lowest BCUT2D eigenvalue weighted by Crippen LogP contribution is -2.47. The van der Waals surface area contributed by atoms with Crippen LogP contribution in [0.25, 0.3) is 0 Å². The highest BCUT2D eigenvalue weighted by Crippen LogP contribution is 2.13. The number of hydrogen-bond acceptors (Lipinski definition) is 3. The summed E-state index contributed by atoms with van der Waals surface area (Å²) in [5, 5.41) is 0. The maximum atomic E-state index is 11.7. The maximum absolute atomic E-state index is 11.7. The SMILES string of the molecule is CC[C@@H](N)C(=O)N(C)C1CCOCC1. The fraction of sp³-hybridized carbons (Fsp3) is 0.900. The number of carbonyl (C=O) groups excluding carboxylic acids is 1. The van der Waals surface area contributed by atoms with Crippen molar-refractivity contribution in [3.05, 3.63) is 0 Å². The average molecular weight is 200 g/mol. The smallest absolute Gasteiger partial charge is 0.239 e. The van der Waals surface area contributed by atoms with Gasteiger partial charge in [0.1, 0.15) is 0 Å². The van der Waals surface area contributed by atoms with Gasteiger partial charge in [-0.15, -0.1) is 0 Å². The molecule has 1 aliphatic heterocycles. The first-order valence-corrected chi connectivity index (χ1v) is 5.26. The van der Waals surface area contributed by atoms with Crippen molar-refractivity contribution >= 4 is 5.91 Å². The van der Waals surface area contributed by atoms with E-state index in [2.05, 4.69) is 0 Å². The summed E-state index contributed by atoms with van der Waals surface area (Å²) >= 11 is 0. The van der Waals surface area contributed by atoms with E-state index in [0.717, 1.165) is 26.1 Å². The zero-order valence-corrected chi connectivity index (χ0v) is 9.03. The van der Waals surface area contributed by atoms with Gasteiger partial charge in [0.25, 0.3) is 0 Å². The van der Waals surface area contributed by atoms with Gasteiger partial charge >= 0.3 is 0 Å². The number of rotatable bonds is 3. The Balaban J connectivity index is 2.45. The maximum Gasteiger partial charge on any atom is 0.239 e. The standard InChI is InChI=1S/C10H20N2O2/c1-3-9(11)10(13)12(2)8-4-6-14-7-5-8/h8-9H,3-7,11H2,1-2H3/t9-/m1/s1. The molecule has 4 heteroatoms. The van der Waals surface area contributed by atoms with Gasteiger partial charge in [0.15, 0.2) is 0 Å². The Bertz CT molecular complexity index is 191. The third-order valence-electron chi connectivity index (χ3n) is 2.84. The van der Waals surface area contributed by atoms with Crippen LogP contribution in [0.1, 0.15) is 26.2 Å². The van der Waals surface area contributed by atoms with Crippen LogP contribution in [0.3, 0.4) is 0 Å². The zero-order valence-electron chi connectivity index (χ0n) is 9.03. The van der Waals surface area contributed by atoms with Crippen molar-refractivity contribution in [3.63, 3.8) is 0 Å². The van der Waals surface area contributed by atoms with Gasteiger partial charge < -0.3 is 15.4 Å². The van der Waals surface area contributed by atoms with Gasteiger partial charge in [-0.05, 0) is 19.3 Å². The molecule has 1 atom stereocenters. The van der Waals surface area contributed by atoms with Crippen LogP contribution in [-0.4, -0.2) is 43.2 Å². The average Bonchev–Trinajstić information content (AvgIpc) is 2.27. The van der Waals surface area contributed by atoms with Crippen LogP contribution < -0.4 is 5.73 Å². The molecule has 1 heterocycles. The van der Waals surface area contributed by atoms with E-state index in [1.54, 1.807) is 4.90 Å². The highest BCUT2D eigenvalue weighted by molar-refractivity contribution is 5.81. The second kappa shape index (κ2) is 5.32. The number of likely N-dealkylation sites (N-methyl/N-ethyl adjacent to an activating group) is 1. The third-order valence-corrected chi connectivity index (χ3v) is 2.84. The number of amides is 1. The summed E-state index contributed by atoms with van der Waals surface area (Å²) in [6, 6.07) is -0.0308. The van der Waals surface area contributed by atoms with Crippen LogP contribution in [0, 0.1) is 0 Å². The quantitative estimate of drug-likeness (QED) is 0.715. The molecule has 0 aromatic heterocycles. The van der Waals surface area contributed by atoms with Crippen molar-refractivity contribution in [2.45, 2.75) is 38.3 Å². The molecule has 1 saturated heterocycles. The molecule has 0 spiro atoms. The Labute approximate surface area is 85.4 Å². The Morgan fingerprint density at radius 2 is 2.14 bits per heavy atom. The van der Waals surface area contributed by atoms with E-state index in [9.17, 15) is 4.79 Å². The summed E-state index contributed by atoms with van der Waals surface area (Å²) in [6.07, 6.45) is 2.56. The molecule has 1 rings (SSSR count). The van der Waals surface area contributed by atoms with Crippen molar-refractivity contribution in [1.82, 2.24) is 4.90 Å². The van der Waals surface area contributed by atoms with E-state index in [0.29, 0.717) is 12.5 Å². The van der Waals surface area contributed by atoms with E-state index >= 15 is 0 Å². The van der Waals surface area contributed by atoms with Crippen LogP contribution in [0.15, 0.2) is 0 Å². The van der Waals surface area contributed by atoms with Crippen LogP contribution in [0.5, 0.6) is 0 Å². The predicted molar refractivity (Wildman–Crippen MR) is 54.9 cm³/mol. The lowest BCUT2D eigenvalue weighted by atomic mass is 10.1. The molecule has 0 bridgehead atoms. The van der Waals surface area contributed by atoms with Crippen LogP contribution >= 0.6 is 0 Å². The van der Waals surface area contributed by atoms with Crippen molar-refractivity contribution < 1.29 is 9.53 Å². The van der Waals surface area contributed by atoms with Gasteiger partial charge in [0.2, 0.25) is 5.91 Å². The minimum atomic E-state index is -0.345. The molecule has 82 valence electrons. The van der Waals surface area contributed by atoms with Gasteiger partial charge in [0, 0.05) is 26.3 Å². The van der Waals surface area contributed by atoms with Gasteiger partial charge in [-0.3, -0.25) is 4.79 Å². The Hall–Kier alpha value is -0.610. The number of nitrogens with zero attached hydrogens (tertiary/aromatic N) is 1.